The molecule has 0 spiro atoms. The minimum atomic E-state index is -0.101. The van der Waals surface area contributed by atoms with E-state index in [1.165, 1.54) is 23.1 Å². The molecule has 0 unspecified atom stereocenters. The molecule has 0 aliphatic carbocycles. The van der Waals surface area contributed by atoms with Crippen LogP contribution in [-0.2, 0) is 16.1 Å². The summed E-state index contributed by atoms with van der Waals surface area (Å²) in [5, 5.41) is 4.07. The van der Waals surface area contributed by atoms with Gasteiger partial charge in [0.2, 0.25) is 5.91 Å². The summed E-state index contributed by atoms with van der Waals surface area (Å²) in [6, 6.07) is 3.61. The normalized spacial score (nSPS) is 16.6. The first-order chi connectivity index (χ1) is 14.0. The van der Waals surface area contributed by atoms with Gasteiger partial charge in [-0.15, -0.1) is 11.3 Å². The lowest BCUT2D eigenvalue weighted by Crippen LogP contribution is -2.33. The lowest BCUT2D eigenvalue weighted by atomic mass is 10.2. The summed E-state index contributed by atoms with van der Waals surface area (Å²) < 4.78 is 12.6. The smallest absolute Gasteiger partial charge is 0.263 e. The average Bonchev–Trinajstić information content (AvgIpc) is 3.44. The Morgan fingerprint density at radius 2 is 2.31 bits per heavy atom. The second kappa shape index (κ2) is 8.73. The zero-order valence-electron chi connectivity index (χ0n) is 16.4. The van der Waals surface area contributed by atoms with E-state index in [9.17, 15) is 9.59 Å². The largest absolute Gasteiger partial charge is 0.467 e. The Labute approximate surface area is 176 Å². The van der Waals surface area contributed by atoms with E-state index in [2.05, 4.69) is 5.32 Å². The number of aromatic nitrogens is 2. The molecular formula is C20H23N3O4S2. The first-order valence-corrected chi connectivity index (χ1v) is 11.4. The second-order valence-corrected chi connectivity index (χ2v) is 9.20. The van der Waals surface area contributed by atoms with Crippen LogP contribution in [0.4, 0.5) is 0 Å². The first kappa shape index (κ1) is 20.2. The van der Waals surface area contributed by atoms with Crippen LogP contribution in [-0.4, -0.2) is 40.5 Å². The van der Waals surface area contributed by atoms with Gasteiger partial charge in [0.15, 0.2) is 5.16 Å². The zero-order valence-corrected chi connectivity index (χ0v) is 18.0. The standard InChI is InChI=1S/C20H23N3O4S2/c1-12-13(2)29-18-17(12)19(25)23(10-15-6-4-8-27-15)20(22-18)28-11-16(24)21-9-14-5-3-7-26-14/h4,6,8,14H,3,5,7,9-11H2,1-2H3,(H,21,24)/t14-/m0/s1. The maximum absolute atomic E-state index is 13.2. The van der Waals surface area contributed by atoms with Crippen molar-refractivity contribution in [2.45, 2.75) is 44.5 Å². The lowest BCUT2D eigenvalue weighted by molar-refractivity contribution is -0.119. The molecule has 9 heteroatoms. The molecule has 3 aromatic heterocycles. The molecule has 0 saturated carbocycles. The summed E-state index contributed by atoms with van der Waals surface area (Å²) in [7, 11) is 0. The van der Waals surface area contributed by atoms with Gasteiger partial charge in [0, 0.05) is 18.0 Å². The van der Waals surface area contributed by atoms with Gasteiger partial charge in [-0.05, 0) is 44.4 Å². The molecule has 29 heavy (non-hydrogen) atoms. The summed E-state index contributed by atoms with van der Waals surface area (Å²) in [6.45, 7) is 5.50. The van der Waals surface area contributed by atoms with Crippen molar-refractivity contribution in [2.75, 3.05) is 18.9 Å². The Morgan fingerprint density at radius 3 is 3.03 bits per heavy atom. The number of carbonyl (C=O) groups is 1. The molecule has 1 amide bonds. The topological polar surface area (TPSA) is 86.4 Å². The van der Waals surface area contributed by atoms with E-state index in [0.29, 0.717) is 27.7 Å². The fraction of sp³-hybridized carbons (Fsp3) is 0.450. The van der Waals surface area contributed by atoms with Gasteiger partial charge in [-0.2, -0.15) is 0 Å². The quantitative estimate of drug-likeness (QED) is 0.455. The van der Waals surface area contributed by atoms with Gasteiger partial charge in [-0.1, -0.05) is 11.8 Å². The Bertz CT molecular complexity index is 1070. The number of nitrogens with one attached hydrogen (secondary N) is 1. The number of thioether (sulfide) groups is 1. The molecule has 0 radical (unpaired) electrons. The van der Waals surface area contributed by atoms with Gasteiger partial charge in [0.05, 0.1) is 30.1 Å². The van der Waals surface area contributed by atoms with E-state index in [0.717, 1.165) is 29.9 Å². The summed E-state index contributed by atoms with van der Waals surface area (Å²) in [4.78, 5) is 32.0. The van der Waals surface area contributed by atoms with Crippen molar-refractivity contribution in [1.29, 1.82) is 0 Å². The van der Waals surface area contributed by atoms with Crippen LogP contribution in [0, 0.1) is 13.8 Å². The molecule has 4 rings (SSSR count). The molecule has 1 N–H and O–H groups in total. The maximum atomic E-state index is 13.2. The molecule has 1 fully saturated rings. The highest BCUT2D eigenvalue weighted by Crippen LogP contribution is 2.28. The van der Waals surface area contributed by atoms with Crippen molar-refractivity contribution in [3.05, 3.63) is 45.0 Å². The molecule has 7 nitrogen and oxygen atoms in total. The van der Waals surface area contributed by atoms with E-state index in [1.54, 1.807) is 16.9 Å². The average molecular weight is 434 g/mol. The van der Waals surface area contributed by atoms with Crippen LogP contribution >= 0.6 is 23.1 Å². The molecule has 1 saturated heterocycles. The van der Waals surface area contributed by atoms with Gasteiger partial charge < -0.3 is 14.5 Å². The van der Waals surface area contributed by atoms with Crippen molar-refractivity contribution < 1.29 is 13.9 Å². The number of ether oxygens (including phenoxy) is 1. The minimum Gasteiger partial charge on any atom is -0.467 e. The fourth-order valence-corrected chi connectivity index (χ4v) is 5.23. The van der Waals surface area contributed by atoms with E-state index < -0.39 is 0 Å². The van der Waals surface area contributed by atoms with Crippen LogP contribution in [0.25, 0.3) is 10.2 Å². The Morgan fingerprint density at radius 1 is 1.45 bits per heavy atom. The number of hydrogen-bond acceptors (Lipinski definition) is 7. The SMILES string of the molecule is Cc1sc2nc(SCC(=O)NC[C@@H]3CCCO3)n(Cc3ccco3)c(=O)c2c1C. The molecule has 1 atom stereocenters. The van der Waals surface area contributed by atoms with Crippen molar-refractivity contribution >= 4 is 39.2 Å². The summed E-state index contributed by atoms with van der Waals surface area (Å²) >= 11 is 2.77. The lowest BCUT2D eigenvalue weighted by Gasteiger charge is -2.12. The van der Waals surface area contributed by atoms with Crippen LogP contribution in [0.2, 0.25) is 0 Å². The van der Waals surface area contributed by atoms with Crippen molar-refractivity contribution in [3.63, 3.8) is 0 Å². The van der Waals surface area contributed by atoms with Crippen molar-refractivity contribution in [2.24, 2.45) is 0 Å². The second-order valence-electron chi connectivity index (χ2n) is 7.06. The van der Waals surface area contributed by atoms with E-state index in [-0.39, 0.29) is 29.9 Å². The number of rotatable bonds is 7. The molecular weight excluding hydrogens is 410 g/mol. The fourth-order valence-electron chi connectivity index (χ4n) is 3.33. The number of aryl methyl sites for hydroxylation is 2. The van der Waals surface area contributed by atoms with Crippen molar-refractivity contribution in [1.82, 2.24) is 14.9 Å². The molecule has 154 valence electrons. The zero-order chi connectivity index (χ0) is 20.4. The number of fused-ring (bicyclic) bond motifs is 1. The van der Waals surface area contributed by atoms with E-state index in [4.69, 9.17) is 14.1 Å². The van der Waals surface area contributed by atoms with Gasteiger partial charge in [0.1, 0.15) is 10.6 Å². The summed E-state index contributed by atoms with van der Waals surface area (Å²) in [5.74, 6) is 0.761. The molecule has 1 aliphatic heterocycles. The molecule has 4 heterocycles. The first-order valence-electron chi connectivity index (χ1n) is 9.57. The maximum Gasteiger partial charge on any atom is 0.263 e. The molecule has 3 aromatic rings. The number of furan rings is 1. The minimum absolute atomic E-state index is 0.0945. The molecule has 0 aromatic carbocycles. The summed E-state index contributed by atoms with van der Waals surface area (Å²) in [5.41, 5.74) is 0.858. The van der Waals surface area contributed by atoms with E-state index in [1.807, 2.05) is 19.9 Å². The van der Waals surface area contributed by atoms with Gasteiger partial charge in [0.25, 0.3) is 5.56 Å². The van der Waals surface area contributed by atoms with Crippen LogP contribution in [0.5, 0.6) is 0 Å². The third-order valence-corrected chi connectivity index (χ3v) is 7.11. The molecule has 1 aliphatic rings. The van der Waals surface area contributed by atoms with Crippen LogP contribution < -0.4 is 10.9 Å². The predicted molar refractivity (Wildman–Crippen MR) is 114 cm³/mol. The monoisotopic (exact) mass is 433 g/mol. The number of amides is 1. The third kappa shape index (κ3) is 4.41. The Hall–Kier alpha value is -2.10. The number of carbonyl (C=O) groups excluding carboxylic acids is 1. The highest BCUT2D eigenvalue weighted by molar-refractivity contribution is 7.99. The predicted octanol–water partition coefficient (Wildman–Crippen LogP) is 3.10. The van der Waals surface area contributed by atoms with Gasteiger partial charge in [-0.3, -0.25) is 14.2 Å². The van der Waals surface area contributed by atoms with Gasteiger partial charge >= 0.3 is 0 Å². The van der Waals surface area contributed by atoms with E-state index >= 15 is 0 Å². The Balaban J connectivity index is 1.56. The van der Waals surface area contributed by atoms with Crippen molar-refractivity contribution in [3.8, 4) is 0 Å². The van der Waals surface area contributed by atoms with Crippen LogP contribution in [0.15, 0.2) is 32.8 Å². The number of hydrogen-bond donors (Lipinski definition) is 1. The highest BCUT2D eigenvalue weighted by atomic mass is 32.2. The van der Waals surface area contributed by atoms with Gasteiger partial charge in [-0.25, -0.2) is 4.98 Å². The Kier molecular flexibility index (Phi) is 6.07. The van der Waals surface area contributed by atoms with Crippen LogP contribution in [0.3, 0.4) is 0 Å². The highest BCUT2D eigenvalue weighted by Gasteiger charge is 2.19. The number of nitrogens with zero attached hydrogens (tertiary/aromatic N) is 2. The number of thiophene rings is 1. The third-order valence-electron chi connectivity index (χ3n) is 5.03. The van der Waals surface area contributed by atoms with Crippen LogP contribution in [0.1, 0.15) is 29.0 Å². The summed E-state index contributed by atoms with van der Waals surface area (Å²) in [6.07, 6.45) is 3.70. The molecule has 0 bridgehead atoms.